The Hall–Kier alpha value is -3.44. The van der Waals surface area contributed by atoms with Gasteiger partial charge in [-0.15, -0.1) is 24.8 Å². The third-order valence-corrected chi connectivity index (χ3v) is 7.34. The molecule has 46 heavy (non-hydrogen) atoms. The molecule has 0 aliphatic heterocycles. The van der Waals surface area contributed by atoms with Crippen LogP contribution in [0.25, 0.3) is 21.8 Å². The Kier molecular flexibility index (Phi) is 15.7. The Balaban J connectivity index is 0.000000317. The highest BCUT2D eigenvalue weighted by Gasteiger charge is 2.10. The summed E-state index contributed by atoms with van der Waals surface area (Å²) >= 11 is 18.2. The van der Waals surface area contributed by atoms with Crippen molar-refractivity contribution in [2.75, 3.05) is 31.6 Å². The summed E-state index contributed by atoms with van der Waals surface area (Å²) in [5, 5.41) is 17.7. The predicted molar refractivity (Wildman–Crippen MR) is 192 cm³/mol. The Morgan fingerprint density at radius 2 is 1.41 bits per heavy atom. The Morgan fingerprint density at radius 1 is 0.804 bits per heavy atom. The number of fused-ring (bicyclic) bond motifs is 2. The van der Waals surface area contributed by atoms with Crippen molar-refractivity contribution in [3.8, 4) is 11.5 Å². The summed E-state index contributed by atoms with van der Waals surface area (Å²) in [5.74, 6) is 1.33. The standard InChI is InChI=1S/C19H19Cl2N3O.C13H13ClN2O3.2ClH/c1-12-9-17(23-11-13-5-6-15(20)16(21)10-13)14-3-2-4-18(19(14)24-12)25-8-7-22;1-8-7-10(14)9-3-2-4-11(12(9)16-8)19-6-5-15-13(17)18;;/h2-6,9-10H,7-8,11,22H2,1H3,(H,23,24);2-4,7,15H,5-6H2,1H3,(H,17,18);2*1H. The number of halogens is 5. The normalized spacial score (nSPS) is 10.2. The lowest BCUT2D eigenvalue weighted by Crippen LogP contribution is -2.26. The SMILES string of the molecule is Cc1cc(Cl)c2cccc(OCCNC(=O)O)c2n1.Cc1cc(NCc2ccc(Cl)c(Cl)c2)c2cccc(OCCN)c2n1.Cl.Cl. The van der Waals surface area contributed by atoms with Gasteiger partial charge in [0.2, 0.25) is 0 Å². The van der Waals surface area contributed by atoms with E-state index in [1.807, 2.05) is 62.4 Å². The highest BCUT2D eigenvalue weighted by molar-refractivity contribution is 6.42. The maximum absolute atomic E-state index is 10.3. The molecule has 0 aliphatic rings. The lowest BCUT2D eigenvalue weighted by Gasteiger charge is -2.14. The molecule has 0 saturated heterocycles. The van der Waals surface area contributed by atoms with Gasteiger partial charge in [0, 0.05) is 40.9 Å². The summed E-state index contributed by atoms with van der Waals surface area (Å²) in [6.07, 6.45) is -1.07. The van der Waals surface area contributed by atoms with E-state index in [9.17, 15) is 4.79 Å². The first kappa shape index (κ1) is 38.7. The van der Waals surface area contributed by atoms with Crippen LogP contribution >= 0.6 is 59.6 Å². The first-order chi connectivity index (χ1) is 21.2. The lowest BCUT2D eigenvalue weighted by molar-refractivity contribution is 0.191. The molecule has 246 valence electrons. The van der Waals surface area contributed by atoms with Crippen LogP contribution < -0.4 is 25.8 Å². The number of amides is 1. The zero-order valence-electron chi connectivity index (χ0n) is 25.0. The van der Waals surface area contributed by atoms with E-state index in [1.165, 1.54) is 0 Å². The number of anilines is 1. The first-order valence-corrected chi connectivity index (χ1v) is 14.9. The van der Waals surface area contributed by atoms with E-state index in [1.54, 1.807) is 18.2 Å². The minimum Gasteiger partial charge on any atom is -0.490 e. The summed E-state index contributed by atoms with van der Waals surface area (Å²) < 4.78 is 11.3. The smallest absolute Gasteiger partial charge is 0.404 e. The van der Waals surface area contributed by atoms with Crippen LogP contribution in [0.5, 0.6) is 11.5 Å². The third-order valence-electron chi connectivity index (χ3n) is 6.29. The number of aromatic nitrogens is 2. The molecule has 0 saturated carbocycles. The van der Waals surface area contributed by atoms with Crippen LogP contribution in [0.2, 0.25) is 15.1 Å². The Labute approximate surface area is 294 Å². The average molecular weight is 730 g/mol. The van der Waals surface area contributed by atoms with Crippen LogP contribution in [0.4, 0.5) is 10.5 Å². The van der Waals surface area contributed by atoms with Gasteiger partial charge in [0.25, 0.3) is 0 Å². The minimum atomic E-state index is -1.07. The van der Waals surface area contributed by atoms with Crippen molar-refractivity contribution >= 4 is 93.2 Å². The molecular weight excluding hydrogens is 696 g/mol. The lowest BCUT2D eigenvalue weighted by atomic mass is 10.1. The number of carboxylic acid groups (broad SMARTS) is 1. The zero-order valence-corrected chi connectivity index (χ0v) is 28.9. The number of aryl methyl sites for hydroxylation is 2. The summed E-state index contributed by atoms with van der Waals surface area (Å²) in [5.41, 5.74) is 10.8. The number of nitrogens with zero attached hydrogens (tertiary/aromatic N) is 2. The molecule has 5 aromatic rings. The molecule has 0 unspecified atom stereocenters. The van der Waals surface area contributed by atoms with Gasteiger partial charge in [-0.25, -0.2) is 14.8 Å². The van der Waals surface area contributed by atoms with Gasteiger partial charge in [0.15, 0.2) is 0 Å². The van der Waals surface area contributed by atoms with Gasteiger partial charge in [-0.3, -0.25) is 0 Å². The molecule has 2 aromatic heterocycles. The number of carbonyl (C=O) groups is 1. The van der Waals surface area contributed by atoms with E-state index in [2.05, 4.69) is 20.6 Å². The first-order valence-electron chi connectivity index (χ1n) is 13.7. The number of hydrogen-bond donors (Lipinski definition) is 4. The molecule has 0 fully saturated rings. The van der Waals surface area contributed by atoms with Gasteiger partial charge in [-0.05, 0) is 55.8 Å². The summed E-state index contributed by atoms with van der Waals surface area (Å²) in [7, 11) is 0. The van der Waals surface area contributed by atoms with Gasteiger partial charge in [0.05, 0.1) is 21.6 Å². The quantitative estimate of drug-likeness (QED) is 0.105. The van der Waals surface area contributed by atoms with E-state index in [0.29, 0.717) is 46.0 Å². The van der Waals surface area contributed by atoms with Crippen LogP contribution in [0.15, 0.2) is 66.7 Å². The van der Waals surface area contributed by atoms with Crippen molar-refractivity contribution in [2.24, 2.45) is 5.73 Å². The molecule has 14 heteroatoms. The van der Waals surface area contributed by atoms with Gasteiger partial charge in [-0.2, -0.15) is 0 Å². The van der Waals surface area contributed by atoms with Crippen molar-refractivity contribution < 1.29 is 19.4 Å². The summed E-state index contributed by atoms with van der Waals surface area (Å²) in [6, 6.07) is 20.8. The maximum atomic E-state index is 10.3. The predicted octanol–water partition coefficient (Wildman–Crippen LogP) is 8.49. The fourth-order valence-corrected chi connectivity index (χ4v) is 5.00. The largest absolute Gasteiger partial charge is 0.490 e. The molecule has 1 amide bonds. The molecule has 0 aliphatic carbocycles. The Morgan fingerprint density at radius 3 is 2.04 bits per heavy atom. The molecule has 0 spiro atoms. The van der Waals surface area contributed by atoms with Gasteiger partial charge < -0.3 is 30.9 Å². The van der Waals surface area contributed by atoms with Crippen molar-refractivity contribution in [2.45, 2.75) is 20.4 Å². The van der Waals surface area contributed by atoms with E-state index in [-0.39, 0.29) is 38.0 Å². The molecule has 3 aromatic carbocycles. The van der Waals surface area contributed by atoms with Crippen LogP contribution in [0, 0.1) is 13.8 Å². The third kappa shape index (κ3) is 10.6. The van der Waals surface area contributed by atoms with Crippen LogP contribution in [-0.2, 0) is 6.54 Å². The number of hydrogen-bond acceptors (Lipinski definition) is 7. The van der Waals surface area contributed by atoms with Gasteiger partial charge in [-0.1, -0.05) is 65.1 Å². The minimum absolute atomic E-state index is 0. The highest BCUT2D eigenvalue weighted by atomic mass is 35.5. The summed E-state index contributed by atoms with van der Waals surface area (Å²) in [4.78, 5) is 19.3. The number of ether oxygens (including phenoxy) is 2. The van der Waals surface area contributed by atoms with Crippen LogP contribution in [0.3, 0.4) is 0 Å². The number of rotatable bonds is 10. The second kappa shape index (κ2) is 18.6. The number of para-hydroxylation sites is 2. The molecule has 5 rings (SSSR count). The highest BCUT2D eigenvalue weighted by Crippen LogP contribution is 2.31. The monoisotopic (exact) mass is 727 g/mol. The molecule has 5 N–H and O–H groups in total. The maximum Gasteiger partial charge on any atom is 0.404 e. The van der Waals surface area contributed by atoms with Crippen molar-refractivity contribution in [1.82, 2.24) is 15.3 Å². The molecule has 2 heterocycles. The van der Waals surface area contributed by atoms with Crippen LogP contribution in [-0.4, -0.2) is 47.5 Å². The fourth-order valence-electron chi connectivity index (χ4n) is 4.36. The number of nitrogens with two attached hydrogens (primary N) is 1. The molecule has 9 nitrogen and oxygen atoms in total. The summed E-state index contributed by atoms with van der Waals surface area (Å²) in [6.45, 7) is 5.82. The second-order valence-corrected chi connectivity index (χ2v) is 10.9. The van der Waals surface area contributed by atoms with Crippen molar-refractivity contribution in [3.63, 3.8) is 0 Å². The van der Waals surface area contributed by atoms with E-state index in [4.69, 9.17) is 55.1 Å². The fraction of sp³-hybridized carbons (Fsp3) is 0.219. The molecule has 0 radical (unpaired) electrons. The topological polar surface area (TPSA) is 132 Å². The number of pyridine rings is 2. The van der Waals surface area contributed by atoms with Gasteiger partial charge >= 0.3 is 6.09 Å². The molecule has 0 bridgehead atoms. The average Bonchev–Trinajstić information content (AvgIpc) is 2.99. The van der Waals surface area contributed by atoms with Crippen molar-refractivity contribution in [3.05, 3.63) is 98.7 Å². The Bertz CT molecular complexity index is 1780. The number of benzene rings is 3. The molecular formula is C32H34Cl5N5O4. The van der Waals surface area contributed by atoms with Crippen LogP contribution in [0.1, 0.15) is 17.0 Å². The second-order valence-electron chi connectivity index (χ2n) is 9.68. The number of nitrogens with one attached hydrogen (secondary N) is 2. The zero-order chi connectivity index (χ0) is 31.6. The molecule has 0 atom stereocenters. The van der Waals surface area contributed by atoms with Crippen molar-refractivity contribution in [1.29, 1.82) is 0 Å². The van der Waals surface area contributed by atoms with E-state index < -0.39 is 6.09 Å². The van der Waals surface area contributed by atoms with Gasteiger partial charge in [0.1, 0.15) is 35.7 Å². The van der Waals surface area contributed by atoms with E-state index >= 15 is 0 Å². The van der Waals surface area contributed by atoms with E-state index in [0.717, 1.165) is 44.7 Å².